The summed E-state index contributed by atoms with van der Waals surface area (Å²) in [6, 6.07) is 12.1. The second kappa shape index (κ2) is 9.22. The fourth-order valence-corrected chi connectivity index (χ4v) is 5.34. The van der Waals surface area contributed by atoms with Gasteiger partial charge in [-0.3, -0.25) is 4.79 Å². The van der Waals surface area contributed by atoms with Gasteiger partial charge in [0.15, 0.2) is 5.78 Å². The zero-order chi connectivity index (χ0) is 27.2. The maximum absolute atomic E-state index is 13.8. The molecule has 10 heteroatoms. The number of Topliss-reactive ketones (excluding diaryl/α,β-unsaturated/α-hetero) is 1. The molecule has 1 aromatic heterocycles. The number of ketones is 1. The maximum Gasteiger partial charge on any atom is 0.343 e. The third-order valence-corrected chi connectivity index (χ3v) is 7.03. The molecule has 0 amide bonds. The number of aromatic nitrogens is 1. The highest BCUT2D eigenvalue weighted by Crippen LogP contribution is 2.50. The number of allylic oxidation sites excluding steroid dienone is 2. The lowest BCUT2D eigenvalue weighted by Crippen LogP contribution is -2.63. The lowest BCUT2D eigenvalue weighted by atomic mass is 9.73. The number of rotatable bonds is 5. The van der Waals surface area contributed by atoms with Crippen LogP contribution in [-0.2, 0) is 40.6 Å². The van der Waals surface area contributed by atoms with E-state index in [9.17, 15) is 24.3 Å². The number of esters is 3. The molecule has 0 bridgehead atoms. The van der Waals surface area contributed by atoms with Gasteiger partial charge in [-0.25, -0.2) is 14.4 Å². The number of methoxy groups -OCH3 is 3. The molecule has 1 unspecified atom stereocenters. The van der Waals surface area contributed by atoms with E-state index in [1.54, 1.807) is 12.1 Å². The number of hydrogen-bond donors (Lipinski definition) is 2. The maximum atomic E-state index is 13.8. The van der Waals surface area contributed by atoms with Crippen molar-refractivity contribution in [2.75, 3.05) is 21.3 Å². The quantitative estimate of drug-likeness (QED) is 0.298. The Morgan fingerprint density at radius 2 is 1.68 bits per heavy atom. The molecule has 38 heavy (non-hydrogen) atoms. The summed E-state index contributed by atoms with van der Waals surface area (Å²) < 4.78 is 15.4. The number of para-hydroxylation sites is 2. The Morgan fingerprint density at radius 1 is 0.974 bits per heavy atom. The third-order valence-electron chi connectivity index (χ3n) is 7.03. The number of carbonyl (C=O) groups is 4. The van der Waals surface area contributed by atoms with Crippen molar-refractivity contribution < 1.29 is 38.5 Å². The first-order chi connectivity index (χ1) is 18.3. The molecule has 2 atom stereocenters. The number of nitrogens with one attached hydrogen (secondary N) is 1. The summed E-state index contributed by atoms with van der Waals surface area (Å²) in [6.07, 6.45) is 2.67. The van der Waals surface area contributed by atoms with Crippen LogP contribution in [0.2, 0.25) is 0 Å². The molecular formula is C28H24N2O8. The van der Waals surface area contributed by atoms with Crippen molar-refractivity contribution in [3.63, 3.8) is 0 Å². The van der Waals surface area contributed by atoms with Gasteiger partial charge in [0, 0.05) is 29.1 Å². The molecule has 3 heterocycles. The second-order valence-corrected chi connectivity index (χ2v) is 8.86. The largest absolute Gasteiger partial charge is 0.507 e. The number of ether oxygens (including phenoxy) is 3. The SMILES string of the molecule is COC(=O)C1=CC(C(=O)c2ccccc2O)=CN2[C@H](C(=O)OC)Cc3c([nH]c4ccccc34)C12C(=O)OC. The lowest BCUT2D eigenvalue weighted by Gasteiger charge is -2.49. The van der Waals surface area contributed by atoms with Crippen LogP contribution in [0.1, 0.15) is 21.6 Å². The van der Waals surface area contributed by atoms with Gasteiger partial charge in [0.05, 0.1) is 38.2 Å². The van der Waals surface area contributed by atoms with Crippen molar-refractivity contribution in [1.29, 1.82) is 0 Å². The number of nitrogens with zero attached hydrogens (tertiary/aromatic N) is 1. The molecule has 194 valence electrons. The fraction of sp³-hybridized carbons (Fsp3) is 0.214. The number of phenols is 1. The molecule has 5 rings (SSSR count). The molecule has 0 radical (unpaired) electrons. The minimum atomic E-state index is -2.00. The average Bonchev–Trinajstić information content (AvgIpc) is 3.33. The summed E-state index contributed by atoms with van der Waals surface area (Å²) in [5.41, 5.74) is -0.716. The van der Waals surface area contributed by atoms with E-state index in [1.165, 1.54) is 43.5 Å². The molecule has 3 aromatic rings. The molecule has 2 aliphatic heterocycles. The van der Waals surface area contributed by atoms with Crippen LogP contribution in [0.4, 0.5) is 0 Å². The Bertz CT molecular complexity index is 1570. The van der Waals surface area contributed by atoms with Crippen LogP contribution in [-0.4, -0.2) is 66.1 Å². The second-order valence-electron chi connectivity index (χ2n) is 8.86. The third kappa shape index (κ3) is 3.41. The van der Waals surface area contributed by atoms with Gasteiger partial charge in [0.25, 0.3) is 0 Å². The molecule has 10 nitrogen and oxygen atoms in total. The van der Waals surface area contributed by atoms with Gasteiger partial charge >= 0.3 is 17.9 Å². The molecule has 0 spiro atoms. The number of phenolic OH excluding ortho intramolecular Hbond substituents is 1. The number of benzene rings is 2. The smallest absolute Gasteiger partial charge is 0.343 e. The zero-order valence-electron chi connectivity index (χ0n) is 20.8. The molecule has 0 fully saturated rings. The van der Waals surface area contributed by atoms with Gasteiger partial charge in [-0.15, -0.1) is 0 Å². The van der Waals surface area contributed by atoms with Gasteiger partial charge in [0.2, 0.25) is 5.54 Å². The van der Waals surface area contributed by atoms with Crippen LogP contribution in [0.15, 0.2) is 72.0 Å². The summed E-state index contributed by atoms with van der Waals surface area (Å²) >= 11 is 0. The standard InChI is InChI=1S/C28H24N2O8/c1-36-25(33)19-12-15(23(32)17-9-5-7-11-22(17)31)14-30-21(26(34)37-2)13-18-16-8-4-6-10-20(16)29-24(18)28(19,30)27(35)38-3/h4-12,14,21,29,31H,13H2,1-3H3/t21-,28?/m0/s1. The predicted molar refractivity (Wildman–Crippen MR) is 134 cm³/mol. The van der Waals surface area contributed by atoms with Gasteiger partial charge in [-0.1, -0.05) is 30.3 Å². The number of H-pyrrole nitrogens is 1. The first-order valence-electron chi connectivity index (χ1n) is 11.7. The highest BCUT2D eigenvalue weighted by molar-refractivity contribution is 6.15. The first kappa shape index (κ1) is 24.8. The monoisotopic (exact) mass is 516 g/mol. The molecule has 0 aliphatic carbocycles. The highest BCUT2D eigenvalue weighted by Gasteiger charge is 2.61. The van der Waals surface area contributed by atoms with Crippen molar-refractivity contribution in [1.82, 2.24) is 9.88 Å². The fourth-order valence-electron chi connectivity index (χ4n) is 5.34. The van der Waals surface area contributed by atoms with E-state index in [0.29, 0.717) is 16.8 Å². The minimum Gasteiger partial charge on any atom is -0.507 e. The first-order valence-corrected chi connectivity index (χ1v) is 11.7. The zero-order valence-corrected chi connectivity index (χ0v) is 20.8. The van der Waals surface area contributed by atoms with Crippen molar-refractivity contribution in [3.8, 4) is 5.75 Å². The van der Waals surface area contributed by atoms with Gasteiger partial charge in [0.1, 0.15) is 11.8 Å². The minimum absolute atomic E-state index is 0.0253. The van der Waals surface area contributed by atoms with Crippen molar-refractivity contribution in [2.24, 2.45) is 0 Å². The molecule has 2 aliphatic rings. The molecule has 0 saturated carbocycles. The Kier molecular flexibility index (Phi) is 6.02. The number of hydrogen-bond acceptors (Lipinski definition) is 9. The van der Waals surface area contributed by atoms with Gasteiger partial charge in [-0.2, -0.15) is 0 Å². The van der Waals surface area contributed by atoms with Gasteiger partial charge in [-0.05, 0) is 29.8 Å². The van der Waals surface area contributed by atoms with E-state index in [2.05, 4.69) is 4.98 Å². The summed E-state index contributed by atoms with van der Waals surface area (Å²) in [6.45, 7) is 0. The van der Waals surface area contributed by atoms with Crippen molar-refractivity contribution in [3.05, 3.63) is 88.8 Å². The van der Waals surface area contributed by atoms with Crippen molar-refractivity contribution >= 4 is 34.6 Å². The summed E-state index contributed by atoms with van der Waals surface area (Å²) in [7, 11) is 3.53. The number of aromatic hydroxyl groups is 1. The van der Waals surface area contributed by atoms with Crippen LogP contribution in [0.5, 0.6) is 5.75 Å². The Labute approximate surface area is 217 Å². The average molecular weight is 517 g/mol. The van der Waals surface area contributed by atoms with Gasteiger partial charge < -0.3 is 29.2 Å². The van der Waals surface area contributed by atoms with E-state index in [0.717, 1.165) is 12.5 Å². The highest BCUT2D eigenvalue weighted by atomic mass is 16.5. The predicted octanol–water partition coefficient (Wildman–Crippen LogP) is 2.52. The topological polar surface area (TPSA) is 135 Å². The van der Waals surface area contributed by atoms with E-state index in [1.807, 2.05) is 24.3 Å². The van der Waals surface area contributed by atoms with E-state index >= 15 is 0 Å². The molecule has 0 saturated heterocycles. The summed E-state index contributed by atoms with van der Waals surface area (Å²) in [5.74, 6) is -3.37. The van der Waals surface area contributed by atoms with E-state index in [-0.39, 0.29) is 28.9 Å². The van der Waals surface area contributed by atoms with Crippen LogP contribution < -0.4 is 0 Å². The molecule has 2 aromatic carbocycles. The van der Waals surface area contributed by atoms with Crippen LogP contribution >= 0.6 is 0 Å². The number of carbonyl (C=O) groups excluding carboxylic acids is 4. The Balaban J connectivity index is 1.86. The molecular weight excluding hydrogens is 492 g/mol. The number of fused-ring (bicyclic) bond motifs is 5. The van der Waals surface area contributed by atoms with Crippen LogP contribution in [0.3, 0.4) is 0 Å². The Morgan fingerprint density at radius 3 is 2.37 bits per heavy atom. The van der Waals surface area contributed by atoms with E-state index in [4.69, 9.17) is 14.2 Å². The summed E-state index contributed by atoms with van der Waals surface area (Å²) in [5, 5.41) is 11.1. The van der Waals surface area contributed by atoms with Crippen LogP contribution in [0, 0.1) is 0 Å². The normalized spacial score (nSPS) is 20.0. The van der Waals surface area contributed by atoms with Crippen molar-refractivity contribution in [2.45, 2.75) is 18.0 Å². The van der Waals surface area contributed by atoms with Crippen LogP contribution in [0.25, 0.3) is 10.9 Å². The Hall–Kier alpha value is -4.86. The lowest BCUT2D eigenvalue weighted by molar-refractivity contribution is -0.162. The number of aromatic amines is 1. The molecule has 2 N–H and O–H groups in total. The summed E-state index contributed by atoms with van der Waals surface area (Å²) in [4.78, 5) is 58.4. The van der Waals surface area contributed by atoms with E-state index < -0.39 is 35.3 Å².